The molecular weight excluding hydrogens is 276 g/mol. The summed E-state index contributed by atoms with van der Waals surface area (Å²) in [5.74, 6) is 0.520. The lowest BCUT2D eigenvalue weighted by Crippen LogP contribution is -2.36. The molecule has 118 valence electrons. The molecular formula is C18H24N2O2. The van der Waals surface area contributed by atoms with Crippen LogP contribution in [-0.2, 0) is 9.53 Å². The third kappa shape index (κ3) is 3.69. The molecule has 1 fully saturated rings. The molecule has 1 saturated heterocycles. The van der Waals surface area contributed by atoms with Crippen LogP contribution >= 0.6 is 0 Å². The summed E-state index contributed by atoms with van der Waals surface area (Å²) in [6, 6.07) is 6.25. The summed E-state index contributed by atoms with van der Waals surface area (Å²) in [6.07, 6.45) is 7.11. The van der Waals surface area contributed by atoms with Crippen molar-refractivity contribution < 1.29 is 9.53 Å². The van der Waals surface area contributed by atoms with Crippen molar-refractivity contribution in [3.05, 3.63) is 35.9 Å². The first-order chi connectivity index (χ1) is 10.7. The fourth-order valence-electron chi connectivity index (χ4n) is 3.11. The minimum absolute atomic E-state index is 0.110. The van der Waals surface area contributed by atoms with Gasteiger partial charge in [0.15, 0.2) is 0 Å². The van der Waals surface area contributed by atoms with Crippen molar-refractivity contribution in [1.82, 2.24) is 0 Å². The van der Waals surface area contributed by atoms with Crippen molar-refractivity contribution in [2.45, 2.75) is 26.2 Å². The van der Waals surface area contributed by atoms with Crippen LogP contribution in [0.5, 0.6) is 0 Å². The van der Waals surface area contributed by atoms with Gasteiger partial charge in [-0.15, -0.1) is 0 Å². The Balaban J connectivity index is 1.61. The van der Waals surface area contributed by atoms with Crippen LogP contribution in [0.15, 0.2) is 30.4 Å². The van der Waals surface area contributed by atoms with Crippen LogP contribution in [-0.4, -0.2) is 32.2 Å². The molecule has 0 bridgehead atoms. The normalized spacial score (nSPS) is 21.1. The maximum atomic E-state index is 12.1. The number of hydrogen-bond donors (Lipinski definition) is 1. The first kappa shape index (κ1) is 15.1. The summed E-state index contributed by atoms with van der Waals surface area (Å²) in [6.45, 7) is 5.48. The predicted molar refractivity (Wildman–Crippen MR) is 89.3 cm³/mol. The summed E-state index contributed by atoms with van der Waals surface area (Å²) in [5, 5.41) is 3.05. The van der Waals surface area contributed by atoms with Crippen LogP contribution in [0.25, 0.3) is 0 Å². The highest BCUT2D eigenvalue weighted by Gasteiger charge is 2.16. The van der Waals surface area contributed by atoms with E-state index in [1.807, 2.05) is 6.07 Å². The number of benzene rings is 1. The van der Waals surface area contributed by atoms with Crippen LogP contribution in [0.2, 0.25) is 0 Å². The van der Waals surface area contributed by atoms with Crippen molar-refractivity contribution >= 4 is 17.3 Å². The van der Waals surface area contributed by atoms with Gasteiger partial charge in [-0.2, -0.15) is 0 Å². The summed E-state index contributed by atoms with van der Waals surface area (Å²) in [4.78, 5) is 14.5. The van der Waals surface area contributed by atoms with E-state index in [1.54, 1.807) is 0 Å². The van der Waals surface area contributed by atoms with E-state index in [-0.39, 0.29) is 5.91 Å². The minimum Gasteiger partial charge on any atom is -0.378 e. The Bertz CT molecular complexity index is 562. The van der Waals surface area contributed by atoms with E-state index in [1.165, 1.54) is 5.69 Å². The molecule has 1 heterocycles. The maximum absolute atomic E-state index is 12.1. The second-order valence-corrected chi connectivity index (χ2v) is 6.12. The van der Waals surface area contributed by atoms with Gasteiger partial charge in [-0.25, -0.2) is 0 Å². The van der Waals surface area contributed by atoms with Gasteiger partial charge in [0, 0.05) is 30.9 Å². The number of morpholine rings is 1. The van der Waals surface area contributed by atoms with Gasteiger partial charge in [0.05, 0.1) is 13.2 Å². The lowest BCUT2D eigenvalue weighted by Gasteiger charge is -2.29. The standard InChI is InChI=1S/C18H24N2O2/c1-14-12-16(20-8-10-22-11-9-20)6-7-17(14)19-18(21)13-15-4-2-3-5-15/h2,4,6-7,12,15H,3,5,8-11,13H2,1H3,(H,19,21). The molecule has 1 N–H and O–H groups in total. The number of nitrogens with zero attached hydrogens (tertiary/aromatic N) is 1. The number of allylic oxidation sites excluding steroid dienone is 2. The first-order valence-corrected chi connectivity index (χ1v) is 8.12. The number of aryl methyl sites for hydroxylation is 1. The minimum atomic E-state index is 0.110. The average molecular weight is 300 g/mol. The third-order valence-corrected chi connectivity index (χ3v) is 4.42. The number of hydrogen-bond acceptors (Lipinski definition) is 3. The molecule has 1 atom stereocenters. The van der Waals surface area contributed by atoms with E-state index in [4.69, 9.17) is 4.74 Å². The van der Waals surface area contributed by atoms with Crippen molar-refractivity contribution in [3.8, 4) is 0 Å². The molecule has 1 aromatic carbocycles. The van der Waals surface area contributed by atoms with Crippen LogP contribution in [0.4, 0.5) is 11.4 Å². The molecule has 1 aromatic rings. The van der Waals surface area contributed by atoms with Gasteiger partial charge in [-0.05, 0) is 49.4 Å². The second kappa shape index (κ2) is 6.97. The van der Waals surface area contributed by atoms with Gasteiger partial charge in [0.1, 0.15) is 0 Å². The summed E-state index contributed by atoms with van der Waals surface area (Å²) in [7, 11) is 0. The smallest absolute Gasteiger partial charge is 0.224 e. The predicted octanol–water partition coefficient (Wildman–Crippen LogP) is 3.13. The molecule has 4 nitrogen and oxygen atoms in total. The number of nitrogens with one attached hydrogen (secondary N) is 1. The van der Waals surface area contributed by atoms with Gasteiger partial charge >= 0.3 is 0 Å². The lowest BCUT2D eigenvalue weighted by atomic mass is 10.0. The van der Waals surface area contributed by atoms with E-state index in [2.05, 4.69) is 41.4 Å². The monoisotopic (exact) mass is 300 g/mol. The molecule has 2 aliphatic rings. The zero-order valence-corrected chi connectivity index (χ0v) is 13.2. The molecule has 1 aliphatic carbocycles. The van der Waals surface area contributed by atoms with Gasteiger partial charge in [-0.3, -0.25) is 4.79 Å². The molecule has 4 heteroatoms. The van der Waals surface area contributed by atoms with Crippen molar-refractivity contribution in [3.63, 3.8) is 0 Å². The average Bonchev–Trinajstić information content (AvgIpc) is 3.03. The molecule has 1 unspecified atom stereocenters. The molecule has 1 amide bonds. The van der Waals surface area contributed by atoms with Crippen molar-refractivity contribution in [1.29, 1.82) is 0 Å². The van der Waals surface area contributed by atoms with E-state index < -0.39 is 0 Å². The zero-order chi connectivity index (χ0) is 15.4. The number of anilines is 2. The van der Waals surface area contributed by atoms with E-state index in [9.17, 15) is 4.79 Å². The summed E-state index contributed by atoms with van der Waals surface area (Å²) < 4.78 is 5.39. The molecule has 0 saturated carbocycles. The first-order valence-electron chi connectivity index (χ1n) is 8.12. The lowest BCUT2D eigenvalue weighted by molar-refractivity contribution is -0.116. The van der Waals surface area contributed by atoms with E-state index in [0.717, 1.165) is 50.4 Å². The number of carbonyl (C=O) groups excluding carboxylic acids is 1. The largest absolute Gasteiger partial charge is 0.378 e. The highest BCUT2D eigenvalue weighted by molar-refractivity contribution is 5.92. The summed E-state index contributed by atoms with van der Waals surface area (Å²) >= 11 is 0. The van der Waals surface area contributed by atoms with Gasteiger partial charge in [0.25, 0.3) is 0 Å². The zero-order valence-electron chi connectivity index (χ0n) is 13.2. The Labute approximate surface area is 132 Å². The van der Waals surface area contributed by atoms with Crippen LogP contribution in [0.3, 0.4) is 0 Å². The topological polar surface area (TPSA) is 41.6 Å². The number of ether oxygens (including phenoxy) is 1. The highest BCUT2D eigenvalue weighted by atomic mass is 16.5. The number of carbonyl (C=O) groups is 1. The summed E-state index contributed by atoms with van der Waals surface area (Å²) in [5.41, 5.74) is 3.24. The molecule has 0 spiro atoms. The number of rotatable bonds is 4. The fourth-order valence-corrected chi connectivity index (χ4v) is 3.11. The Morgan fingerprint density at radius 1 is 1.36 bits per heavy atom. The highest BCUT2D eigenvalue weighted by Crippen LogP contribution is 2.25. The van der Waals surface area contributed by atoms with Crippen LogP contribution in [0.1, 0.15) is 24.8 Å². The van der Waals surface area contributed by atoms with Crippen LogP contribution in [0, 0.1) is 12.8 Å². The molecule has 22 heavy (non-hydrogen) atoms. The molecule has 3 rings (SSSR count). The SMILES string of the molecule is Cc1cc(N2CCOCC2)ccc1NC(=O)CC1C=CCC1. The second-order valence-electron chi connectivity index (χ2n) is 6.12. The molecule has 0 radical (unpaired) electrons. The fraction of sp³-hybridized carbons (Fsp3) is 0.500. The van der Waals surface area contributed by atoms with Crippen molar-refractivity contribution in [2.24, 2.45) is 5.92 Å². The van der Waals surface area contributed by atoms with E-state index in [0.29, 0.717) is 12.3 Å². The van der Waals surface area contributed by atoms with Gasteiger partial charge in [0.2, 0.25) is 5.91 Å². The molecule has 0 aromatic heterocycles. The Morgan fingerprint density at radius 2 is 2.18 bits per heavy atom. The van der Waals surface area contributed by atoms with E-state index >= 15 is 0 Å². The Kier molecular flexibility index (Phi) is 4.78. The Hall–Kier alpha value is -1.81. The van der Waals surface area contributed by atoms with Gasteiger partial charge in [-0.1, -0.05) is 12.2 Å². The van der Waals surface area contributed by atoms with Gasteiger partial charge < -0.3 is 15.0 Å². The maximum Gasteiger partial charge on any atom is 0.224 e. The quantitative estimate of drug-likeness (QED) is 0.869. The van der Waals surface area contributed by atoms with Crippen molar-refractivity contribution in [2.75, 3.05) is 36.5 Å². The molecule has 1 aliphatic heterocycles. The van der Waals surface area contributed by atoms with Crippen LogP contribution < -0.4 is 10.2 Å². The third-order valence-electron chi connectivity index (χ3n) is 4.42. The Morgan fingerprint density at radius 3 is 2.86 bits per heavy atom. The number of amides is 1.